The molecule has 0 radical (unpaired) electrons. The number of thiophene rings is 1. The summed E-state index contributed by atoms with van der Waals surface area (Å²) in [6.45, 7) is 0. The van der Waals surface area contributed by atoms with Gasteiger partial charge in [0, 0.05) is 10.8 Å². The van der Waals surface area contributed by atoms with Crippen LogP contribution >= 0.6 is 11.3 Å². The summed E-state index contributed by atoms with van der Waals surface area (Å²) >= 11 is 1.22. The Morgan fingerprint density at radius 2 is 2.46 bits per heavy atom. The van der Waals surface area contributed by atoms with Crippen LogP contribution in [-0.2, 0) is 4.74 Å². The van der Waals surface area contributed by atoms with Gasteiger partial charge in [-0.2, -0.15) is 0 Å². The molecular formula is C8H6FNO2S. The summed E-state index contributed by atoms with van der Waals surface area (Å²) in [5.41, 5.74) is 0.281. The van der Waals surface area contributed by atoms with Crippen LogP contribution in [0.1, 0.15) is 10.5 Å². The van der Waals surface area contributed by atoms with Gasteiger partial charge in [0.15, 0.2) is 0 Å². The number of aromatic nitrogens is 1. The first-order chi connectivity index (χ1) is 6.22. The van der Waals surface area contributed by atoms with Gasteiger partial charge in [-0.1, -0.05) is 0 Å². The molecule has 2 aromatic rings. The molecule has 0 aromatic carbocycles. The van der Waals surface area contributed by atoms with Crippen LogP contribution in [0.2, 0.25) is 0 Å². The predicted octanol–water partition coefficient (Wildman–Crippen LogP) is 2.16. The topological polar surface area (TPSA) is 42.1 Å². The van der Waals surface area contributed by atoms with Crippen LogP contribution in [0.15, 0.2) is 11.4 Å². The van der Waals surface area contributed by atoms with Crippen LogP contribution < -0.4 is 0 Å². The normalized spacial score (nSPS) is 10.6. The standard InChI is InChI=1S/C8H6FNO2S/c1-12-8(11)6-2-4-5(9)3-13-7(4)10-6/h2-3,10H,1H3. The molecule has 1 N–H and O–H groups in total. The molecule has 2 rings (SSSR count). The maximum atomic E-state index is 13.0. The van der Waals surface area contributed by atoms with Gasteiger partial charge in [-0.05, 0) is 6.07 Å². The van der Waals surface area contributed by atoms with Crippen molar-refractivity contribution in [1.29, 1.82) is 0 Å². The summed E-state index contributed by atoms with van der Waals surface area (Å²) < 4.78 is 17.5. The van der Waals surface area contributed by atoms with Crippen molar-refractivity contribution in [2.45, 2.75) is 0 Å². The van der Waals surface area contributed by atoms with E-state index in [2.05, 4.69) is 9.72 Å². The Bertz CT molecular complexity index is 460. The van der Waals surface area contributed by atoms with Crippen molar-refractivity contribution in [2.24, 2.45) is 0 Å². The number of ether oxygens (including phenoxy) is 1. The summed E-state index contributed by atoms with van der Waals surface area (Å²) in [5.74, 6) is -0.797. The van der Waals surface area contributed by atoms with Crippen LogP contribution in [0, 0.1) is 5.82 Å². The predicted molar refractivity (Wildman–Crippen MR) is 47.5 cm³/mol. The number of carbonyl (C=O) groups is 1. The Balaban J connectivity index is 2.56. The Kier molecular flexibility index (Phi) is 1.81. The molecule has 0 aliphatic carbocycles. The van der Waals surface area contributed by atoms with Gasteiger partial charge >= 0.3 is 5.97 Å². The van der Waals surface area contributed by atoms with Gasteiger partial charge in [0.1, 0.15) is 16.3 Å². The minimum absolute atomic E-state index is 0.281. The van der Waals surface area contributed by atoms with E-state index in [1.54, 1.807) is 0 Å². The van der Waals surface area contributed by atoms with E-state index >= 15 is 0 Å². The van der Waals surface area contributed by atoms with Gasteiger partial charge in [0.2, 0.25) is 0 Å². The highest BCUT2D eigenvalue weighted by molar-refractivity contribution is 7.16. The van der Waals surface area contributed by atoms with Crippen molar-refractivity contribution >= 4 is 27.5 Å². The van der Waals surface area contributed by atoms with Crippen LogP contribution in [0.5, 0.6) is 0 Å². The fourth-order valence-corrected chi connectivity index (χ4v) is 1.90. The molecule has 5 heteroatoms. The van der Waals surface area contributed by atoms with Gasteiger partial charge in [-0.3, -0.25) is 0 Å². The lowest BCUT2D eigenvalue weighted by Crippen LogP contribution is -2.00. The number of H-pyrrole nitrogens is 1. The summed E-state index contributed by atoms with van der Waals surface area (Å²) in [4.78, 5) is 14.4. The second-order valence-corrected chi connectivity index (χ2v) is 3.38. The summed E-state index contributed by atoms with van der Waals surface area (Å²) in [6.07, 6.45) is 0. The number of aromatic amines is 1. The molecule has 2 heterocycles. The Labute approximate surface area is 77.1 Å². The van der Waals surface area contributed by atoms with Crippen LogP contribution in [-0.4, -0.2) is 18.1 Å². The molecule has 13 heavy (non-hydrogen) atoms. The van der Waals surface area contributed by atoms with Crippen molar-refractivity contribution < 1.29 is 13.9 Å². The molecule has 0 aliphatic rings. The molecule has 0 aliphatic heterocycles. The number of hydrogen-bond donors (Lipinski definition) is 1. The number of fused-ring (bicyclic) bond motifs is 1. The van der Waals surface area contributed by atoms with E-state index < -0.39 is 5.97 Å². The van der Waals surface area contributed by atoms with Gasteiger partial charge in [-0.25, -0.2) is 9.18 Å². The minimum Gasteiger partial charge on any atom is -0.464 e. The van der Waals surface area contributed by atoms with E-state index in [0.717, 1.165) is 0 Å². The number of rotatable bonds is 1. The van der Waals surface area contributed by atoms with E-state index in [-0.39, 0.29) is 11.5 Å². The molecule has 68 valence electrons. The van der Waals surface area contributed by atoms with Gasteiger partial charge in [-0.15, -0.1) is 11.3 Å². The molecule has 0 saturated carbocycles. The van der Waals surface area contributed by atoms with E-state index in [1.807, 2.05) is 0 Å². The van der Waals surface area contributed by atoms with Crippen molar-refractivity contribution in [3.8, 4) is 0 Å². The van der Waals surface area contributed by atoms with E-state index in [1.165, 1.54) is 29.9 Å². The van der Waals surface area contributed by atoms with Crippen LogP contribution in [0.3, 0.4) is 0 Å². The summed E-state index contributed by atoms with van der Waals surface area (Å²) in [5, 5.41) is 1.83. The number of carbonyl (C=O) groups excluding carboxylic acids is 1. The number of esters is 1. The third kappa shape index (κ3) is 1.21. The van der Waals surface area contributed by atoms with Crippen LogP contribution in [0.25, 0.3) is 10.2 Å². The molecule has 0 unspecified atom stereocenters. The maximum absolute atomic E-state index is 13.0. The van der Waals surface area contributed by atoms with E-state index in [4.69, 9.17) is 0 Å². The second-order valence-electron chi connectivity index (χ2n) is 2.50. The van der Waals surface area contributed by atoms with E-state index in [0.29, 0.717) is 10.2 Å². The van der Waals surface area contributed by atoms with Crippen LogP contribution in [0.4, 0.5) is 4.39 Å². The second kappa shape index (κ2) is 2.85. The zero-order chi connectivity index (χ0) is 9.42. The molecular weight excluding hydrogens is 193 g/mol. The molecule has 0 amide bonds. The first kappa shape index (κ1) is 8.25. The quantitative estimate of drug-likeness (QED) is 0.715. The van der Waals surface area contributed by atoms with Crippen molar-refractivity contribution in [3.05, 3.63) is 23.0 Å². The lowest BCUT2D eigenvalue weighted by molar-refractivity contribution is 0.0595. The van der Waals surface area contributed by atoms with E-state index in [9.17, 15) is 9.18 Å². The lowest BCUT2D eigenvalue weighted by atomic mass is 10.3. The molecule has 0 saturated heterocycles. The first-order valence-corrected chi connectivity index (χ1v) is 4.44. The fourth-order valence-electron chi connectivity index (χ4n) is 1.10. The van der Waals surface area contributed by atoms with Gasteiger partial charge in [0.05, 0.1) is 7.11 Å². The van der Waals surface area contributed by atoms with Gasteiger partial charge in [0.25, 0.3) is 0 Å². The van der Waals surface area contributed by atoms with Crippen molar-refractivity contribution in [3.63, 3.8) is 0 Å². The number of methoxy groups -OCH3 is 1. The number of nitrogens with one attached hydrogen (secondary N) is 1. The molecule has 3 nitrogen and oxygen atoms in total. The molecule has 0 bridgehead atoms. The fraction of sp³-hybridized carbons (Fsp3) is 0.125. The maximum Gasteiger partial charge on any atom is 0.354 e. The smallest absolute Gasteiger partial charge is 0.354 e. The zero-order valence-corrected chi connectivity index (χ0v) is 7.57. The van der Waals surface area contributed by atoms with Gasteiger partial charge < -0.3 is 9.72 Å². The monoisotopic (exact) mass is 199 g/mol. The zero-order valence-electron chi connectivity index (χ0n) is 6.76. The highest BCUT2D eigenvalue weighted by Gasteiger charge is 2.12. The van der Waals surface area contributed by atoms with Crippen molar-refractivity contribution in [2.75, 3.05) is 7.11 Å². The Morgan fingerprint density at radius 3 is 3.08 bits per heavy atom. The molecule has 0 atom stereocenters. The van der Waals surface area contributed by atoms with Crippen molar-refractivity contribution in [1.82, 2.24) is 4.98 Å². The highest BCUT2D eigenvalue weighted by atomic mass is 32.1. The number of hydrogen-bond acceptors (Lipinski definition) is 3. The third-order valence-corrected chi connectivity index (χ3v) is 2.61. The summed E-state index contributed by atoms with van der Waals surface area (Å²) in [6, 6.07) is 1.45. The molecule has 0 spiro atoms. The minimum atomic E-state index is -0.484. The molecule has 0 fully saturated rings. The first-order valence-electron chi connectivity index (χ1n) is 3.56. The average Bonchev–Trinajstić information content (AvgIpc) is 2.67. The molecule has 2 aromatic heterocycles. The Hall–Kier alpha value is -1.36. The average molecular weight is 199 g/mol. The SMILES string of the molecule is COC(=O)c1cc2c(F)csc2[nH]1. The Morgan fingerprint density at radius 1 is 1.69 bits per heavy atom. The lowest BCUT2D eigenvalue weighted by Gasteiger charge is -1.91. The third-order valence-electron chi connectivity index (χ3n) is 1.72. The summed E-state index contributed by atoms with van der Waals surface area (Å²) in [7, 11) is 1.29. The largest absolute Gasteiger partial charge is 0.464 e. The highest BCUT2D eigenvalue weighted by Crippen LogP contribution is 2.25. The number of halogens is 1.